The van der Waals surface area contributed by atoms with Gasteiger partial charge in [0.15, 0.2) is 0 Å². The van der Waals surface area contributed by atoms with Crippen molar-refractivity contribution in [2.75, 3.05) is 19.8 Å². The standard InChI is InChI=1S/C12H15O6P/c1-4-7-16-10(13)19(11(14)17-8-5-2)12(15)18-9-6-3/h4-6H,1-3,7-9H2. The lowest BCUT2D eigenvalue weighted by atomic mass is 10.7. The normalized spacial score (nSPS) is 9.32. The predicted molar refractivity (Wildman–Crippen MR) is 71.6 cm³/mol. The molecular formula is C12H15O6P. The van der Waals surface area contributed by atoms with Crippen LogP contribution in [-0.4, -0.2) is 37.0 Å². The van der Waals surface area contributed by atoms with Gasteiger partial charge in [0.05, 0.1) is 0 Å². The topological polar surface area (TPSA) is 78.9 Å². The smallest absolute Gasteiger partial charge is 0.349 e. The van der Waals surface area contributed by atoms with Crippen molar-refractivity contribution in [1.29, 1.82) is 0 Å². The molecule has 0 aromatic rings. The highest BCUT2D eigenvalue weighted by Crippen LogP contribution is 2.42. The molecule has 0 heterocycles. The molecule has 0 bridgehead atoms. The van der Waals surface area contributed by atoms with Crippen molar-refractivity contribution in [2.45, 2.75) is 0 Å². The molecule has 0 radical (unpaired) electrons. The van der Waals surface area contributed by atoms with Gasteiger partial charge >= 0.3 is 17.1 Å². The number of hydrogen-bond acceptors (Lipinski definition) is 6. The molecule has 0 aliphatic rings. The molecule has 0 saturated carbocycles. The van der Waals surface area contributed by atoms with E-state index in [0.29, 0.717) is 0 Å². The second kappa shape index (κ2) is 10.0. The van der Waals surface area contributed by atoms with E-state index >= 15 is 0 Å². The molecule has 0 aromatic carbocycles. The van der Waals surface area contributed by atoms with Gasteiger partial charge in [-0.2, -0.15) is 0 Å². The molecule has 0 atom stereocenters. The molecule has 0 aromatic heterocycles. The van der Waals surface area contributed by atoms with Crippen LogP contribution in [0.25, 0.3) is 0 Å². The third-order valence-electron chi connectivity index (χ3n) is 1.52. The van der Waals surface area contributed by atoms with E-state index in [0.717, 1.165) is 0 Å². The van der Waals surface area contributed by atoms with Crippen LogP contribution in [0.3, 0.4) is 0 Å². The van der Waals surface area contributed by atoms with Crippen molar-refractivity contribution in [2.24, 2.45) is 0 Å². The monoisotopic (exact) mass is 286 g/mol. The zero-order chi connectivity index (χ0) is 14.7. The summed E-state index contributed by atoms with van der Waals surface area (Å²) in [5.41, 5.74) is -2.96. The summed E-state index contributed by atoms with van der Waals surface area (Å²) >= 11 is 0. The molecule has 0 N–H and O–H groups in total. The molecule has 19 heavy (non-hydrogen) atoms. The van der Waals surface area contributed by atoms with Crippen molar-refractivity contribution >= 4 is 25.1 Å². The second-order valence-corrected chi connectivity index (χ2v) is 4.70. The third-order valence-corrected chi connectivity index (χ3v) is 3.00. The predicted octanol–water partition coefficient (Wildman–Crippen LogP) is 3.44. The summed E-state index contributed by atoms with van der Waals surface area (Å²) in [7, 11) is -2.51. The Balaban J connectivity index is 4.79. The molecule has 0 amide bonds. The van der Waals surface area contributed by atoms with Gasteiger partial charge in [0.2, 0.25) is 7.92 Å². The molecule has 7 heteroatoms. The molecule has 0 fully saturated rings. The van der Waals surface area contributed by atoms with Gasteiger partial charge in [-0.1, -0.05) is 38.0 Å². The number of hydrogen-bond donors (Lipinski definition) is 0. The lowest BCUT2D eigenvalue weighted by Crippen LogP contribution is -2.16. The molecular weight excluding hydrogens is 271 g/mol. The Hall–Kier alpha value is -1.94. The van der Waals surface area contributed by atoms with E-state index in [4.69, 9.17) is 0 Å². The second-order valence-electron chi connectivity index (χ2n) is 2.93. The fourth-order valence-corrected chi connectivity index (χ4v) is 1.87. The van der Waals surface area contributed by atoms with Crippen molar-refractivity contribution in [3.63, 3.8) is 0 Å². The summed E-state index contributed by atoms with van der Waals surface area (Å²) in [6.45, 7) is 9.73. The van der Waals surface area contributed by atoms with Gasteiger partial charge in [0.25, 0.3) is 0 Å². The number of carbonyl (C=O) groups is 3. The number of ether oxygens (including phenoxy) is 3. The summed E-state index contributed by atoms with van der Waals surface area (Å²) in [4.78, 5) is 34.9. The van der Waals surface area contributed by atoms with E-state index in [1.807, 2.05) is 0 Å². The minimum Gasteiger partial charge on any atom is -0.458 e. The minimum absolute atomic E-state index is 0.110. The zero-order valence-corrected chi connectivity index (χ0v) is 11.3. The average Bonchev–Trinajstić information content (AvgIpc) is 2.40. The van der Waals surface area contributed by atoms with Gasteiger partial charge in [-0.3, -0.25) is 0 Å². The number of carbonyl (C=O) groups excluding carboxylic acids is 3. The Bertz CT molecular complexity index is 319. The summed E-state index contributed by atoms with van der Waals surface area (Å²) in [6, 6.07) is 0. The van der Waals surface area contributed by atoms with Crippen molar-refractivity contribution in [3.05, 3.63) is 38.0 Å². The van der Waals surface area contributed by atoms with E-state index in [1.54, 1.807) is 0 Å². The Morgan fingerprint density at radius 3 is 1.21 bits per heavy atom. The van der Waals surface area contributed by atoms with Crippen LogP contribution in [0.1, 0.15) is 0 Å². The van der Waals surface area contributed by atoms with Crippen LogP contribution < -0.4 is 0 Å². The van der Waals surface area contributed by atoms with Gasteiger partial charge in [-0.25, -0.2) is 14.4 Å². The zero-order valence-electron chi connectivity index (χ0n) is 10.4. The van der Waals surface area contributed by atoms with Crippen molar-refractivity contribution in [3.8, 4) is 0 Å². The summed E-state index contributed by atoms with van der Waals surface area (Å²) in [6.07, 6.45) is 3.95. The SMILES string of the molecule is C=CCOC(=O)P(C(=O)OCC=C)C(=O)OCC=C. The van der Waals surface area contributed by atoms with E-state index in [-0.39, 0.29) is 19.8 Å². The summed E-state index contributed by atoms with van der Waals surface area (Å²) in [5.74, 6) is 0. The third kappa shape index (κ3) is 6.52. The van der Waals surface area contributed by atoms with Crippen LogP contribution in [0, 0.1) is 0 Å². The quantitative estimate of drug-likeness (QED) is 0.367. The van der Waals surface area contributed by atoms with Crippen LogP contribution in [-0.2, 0) is 14.2 Å². The first-order valence-electron chi connectivity index (χ1n) is 5.21. The van der Waals surface area contributed by atoms with Crippen molar-refractivity contribution < 1.29 is 28.6 Å². The van der Waals surface area contributed by atoms with E-state index in [1.165, 1.54) is 18.2 Å². The van der Waals surface area contributed by atoms with E-state index in [2.05, 4.69) is 33.9 Å². The largest absolute Gasteiger partial charge is 0.458 e. The highest BCUT2D eigenvalue weighted by Gasteiger charge is 2.39. The van der Waals surface area contributed by atoms with E-state index in [9.17, 15) is 14.4 Å². The first-order valence-corrected chi connectivity index (χ1v) is 6.55. The molecule has 0 saturated heterocycles. The lowest BCUT2D eigenvalue weighted by Gasteiger charge is -2.12. The maximum absolute atomic E-state index is 11.6. The fourth-order valence-electron chi connectivity index (χ4n) is 0.808. The minimum atomic E-state index is -2.51. The lowest BCUT2D eigenvalue weighted by molar-refractivity contribution is 0.173. The first-order chi connectivity index (χ1) is 9.08. The Kier molecular flexibility index (Phi) is 9.00. The fraction of sp³-hybridized carbons (Fsp3) is 0.250. The van der Waals surface area contributed by atoms with Crippen LogP contribution in [0.2, 0.25) is 0 Å². The van der Waals surface area contributed by atoms with Gasteiger partial charge in [0, 0.05) is 0 Å². The van der Waals surface area contributed by atoms with Crippen LogP contribution in [0.15, 0.2) is 38.0 Å². The highest BCUT2D eigenvalue weighted by molar-refractivity contribution is 8.00. The van der Waals surface area contributed by atoms with Gasteiger partial charge < -0.3 is 14.2 Å². The van der Waals surface area contributed by atoms with Crippen LogP contribution >= 0.6 is 7.92 Å². The maximum Gasteiger partial charge on any atom is 0.349 e. The van der Waals surface area contributed by atoms with Gasteiger partial charge in [-0.15, -0.1) is 0 Å². The summed E-state index contributed by atoms with van der Waals surface area (Å²) in [5, 5.41) is 0. The molecule has 6 nitrogen and oxygen atoms in total. The highest BCUT2D eigenvalue weighted by atomic mass is 31.1. The molecule has 0 aliphatic heterocycles. The van der Waals surface area contributed by atoms with E-state index < -0.39 is 25.1 Å². The Morgan fingerprint density at radius 2 is 1.00 bits per heavy atom. The first kappa shape index (κ1) is 17.1. The molecule has 0 rings (SSSR count). The molecule has 0 unspecified atom stereocenters. The molecule has 0 aliphatic carbocycles. The van der Waals surface area contributed by atoms with Crippen LogP contribution in [0.5, 0.6) is 0 Å². The maximum atomic E-state index is 11.6. The molecule has 104 valence electrons. The van der Waals surface area contributed by atoms with Gasteiger partial charge in [-0.05, 0) is 0 Å². The Labute approximate surface area is 112 Å². The van der Waals surface area contributed by atoms with Crippen LogP contribution in [0.4, 0.5) is 14.4 Å². The summed E-state index contributed by atoms with van der Waals surface area (Å²) < 4.78 is 14.0. The average molecular weight is 286 g/mol. The van der Waals surface area contributed by atoms with Gasteiger partial charge in [0.1, 0.15) is 19.8 Å². The van der Waals surface area contributed by atoms with Crippen molar-refractivity contribution in [1.82, 2.24) is 0 Å². The number of rotatable bonds is 9. The molecule has 0 spiro atoms. The Morgan fingerprint density at radius 1 is 0.737 bits per heavy atom.